The maximum Gasteiger partial charge on any atom is 0.254 e. The van der Waals surface area contributed by atoms with Gasteiger partial charge in [0, 0.05) is 30.2 Å². The Bertz CT molecular complexity index is 956. The third-order valence-corrected chi connectivity index (χ3v) is 5.22. The molecule has 1 amide bonds. The smallest absolute Gasteiger partial charge is 0.254 e. The number of rotatable bonds is 2. The second-order valence-electron chi connectivity index (χ2n) is 7.22. The van der Waals surface area contributed by atoms with Crippen LogP contribution in [0.25, 0.3) is 10.9 Å². The average Bonchev–Trinajstić information content (AvgIpc) is 3.16. The Morgan fingerprint density at radius 1 is 1.04 bits per heavy atom. The number of fused-ring (bicyclic) bond motifs is 1. The van der Waals surface area contributed by atoms with E-state index in [9.17, 15) is 4.79 Å². The molecular formula is C20H23N5O. The average molecular weight is 349 g/mol. The molecule has 0 unspecified atom stereocenters. The van der Waals surface area contributed by atoms with Crippen LogP contribution in [0.1, 0.15) is 46.1 Å². The number of aryl methyl sites for hydroxylation is 3. The number of likely N-dealkylation sites (tertiary alicyclic amines) is 1. The molecule has 134 valence electrons. The molecule has 3 heterocycles. The largest absolute Gasteiger partial charge is 0.338 e. The molecule has 4 rings (SSSR count). The number of aromatic nitrogens is 4. The van der Waals surface area contributed by atoms with Gasteiger partial charge in [-0.05, 0) is 51.3 Å². The van der Waals surface area contributed by atoms with E-state index >= 15 is 0 Å². The molecule has 2 aromatic heterocycles. The number of piperidine rings is 1. The van der Waals surface area contributed by atoms with Crippen molar-refractivity contribution in [1.82, 2.24) is 24.6 Å². The van der Waals surface area contributed by atoms with Gasteiger partial charge in [-0.2, -0.15) is 0 Å². The molecule has 0 atom stereocenters. The second kappa shape index (κ2) is 6.52. The summed E-state index contributed by atoms with van der Waals surface area (Å²) in [4.78, 5) is 19.9. The molecule has 0 bridgehead atoms. The standard InChI is InChI=1S/C20H23N5O/c1-13-8-14(2)19-17(9-13)18(10-15(3)23-19)20(26)24-6-4-16(5-7-24)25-11-21-22-12-25/h8-12,16H,4-7H2,1-3H3. The maximum absolute atomic E-state index is 13.2. The lowest BCUT2D eigenvalue weighted by molar-refractivity contribution is 0.0696. The summed E-state index contributed by atoms with van der Waals surface area (Å²) in [5.74, 6) is 0.104. The molecule has 0 spiro atoms. The lowest BCUT2D eigenvalue weighted by atomic mass is 9.99. The lowest BCUT2D eigenvalue weighted by Gasteiger charge is -2.32. The first kappa shape index (κ1) is 16.7. The number of nitrogens with zero attached hydrogens (tertiary/aromatic N) is 5. The Morgan fingerprint density at radius 3 is 2.42 bits per heavy atom. The van der Waals surface area contributed by atoms with Crippen molar-refractivity contribution in [1.29, 1.82) is 0 Å². The Balaban J connectivity index is 1.63. The first-order valence-electron chi connectivity index (χ1n) is 9.05. The minimum Gasteiger partial charge on any atom is -0.338 e. The molecule has 0 aliphatic carbocycles. The summed E-state index contributed by atoms with van der Waals surface area (Å²) in [5.41, 5.74) is 4.85. The molecule has 6 heteroatoms. The Labute approximate surface area is 152 Å². The van der Waals surface area contributed by atoms with Crippen molar-refractivity contribution in [2.75, 3.05) is 13.1 Å². The molecule has 1 aliphatic heterocycles. The highest BCUT2D eigenvalue weighted by atomic mass is 16.2. The first-order chi connectivity index (χ1) is 12.5. The fraction of sp³-hybridized carbons (Fsp3) is 0.400. The van der Waals surface area contributed by atoms with E-state index in [4.69, 9.17) is 0 Å². The highest BCUT2D eigenvalue weighted by molar-refractivity contribution is 6.07. The van der Waals surface area contributed by atoms with Crippen LogP contribution in [-0.2, 0) is 0 Å². The van der Waals surface area contributed by atoms with Crippen LogP contribution in [-0.4, -0.2) is 43.6 Å². The fourth-order valence-corrected chi connectivity index (χ4v) is 3.92. The van der Waals surface area contributed by atoms with Crippen LogP contribution in [0.5, 0.6) is 0 Å². The van der Waals surface area contributed by atoms with Gasteiger partial charge in [0.1, 0.15) is 12.7 Å². The van der Waals surface area contributed by atoms with E-state index in [-0.39, 0.29) is 5.91 Å². The molecule has 3 aromatic rings. The monoisotopic (exact) mass is 349 g/mol. The van der Waals surface area contributed by atoms with Crippen molar-refractivity contribution in [2.24, 2.45) is 0 Å². The van der Waals surface area contributed by atoms with Gasteiger partial charge in [0.25, 0.3) is 5.91 Å². The molecule has 0 N–H and O–H groups in total. The van der Waals surface area contributed by atoms with Gasteiger partial charge < -0.3 is 9.47 Å². The summed E-state index contributed by atoms with van der Waals surface area (Å²) >= 11 is 0. The number of amides is 1. The molecule has 1 saturated heterocycles. The molecule has 0 saturated carbocycles. The van der Waals surface area contributed by atoms with E-state index in [1.807, 2.05) is 22.5 Å². The molecule has 0 radical (unpaired) electrons. The summed E-state index contributed by atoms with van der Waals surface area (Å²) in [6, 6.07) is 6.49. The highest BCUT2D eigenvalue weighted by Crippen LogP contribution is 2.27. The van der Waals surface area contributed by atoms with Crippen LogP contribution in [0, 0.1) is 20.8 Å². The zero-order valence-electron chi connectivity index (χ0n) is 15.4. The van der Waals surface area contributed by atoms with Crippen LogP contribution >= 0.6 is 0 Å². The maximum atomic E-state index is 13.2. The summed E-state index contributed by atoms with van der Waals surface area (Å²) in [5, 5.41) is 8.73. The summed E-state index contributed by atoms with van der Waals surface area (Å²) < 4.78 is 2.04. The predicted octanol–water partition coefficient (Wildman–Crippen LogP) is 3.23. The predicted molar refractivity (Wildman–Crippen MR) is 100 cm³/mol. The molecule has 1 fully saturated rings. The van der Waals surface area contributed by atoms with Gasteiger partial charge >= 0.3 is 0 Å². The number of hydrogen-bond acceptors (Lipinski definition) is 4. The Morgan fingerprint density at radius 2 is 1.73 bits per heavy atom. The Kier molecular flexibility index (Phi) is 4.18. The first-order valence-corrected chi connectivity index (χ1v) is 9.05. The zero-order valence-corrected chi connectivity index (χ0v) is 15.4. The second-order valence-corrected chi connectivity index (χ2v) is 7.22. The van der Waals surface area contributed by atoms with Gasteiger partial charge in [-0.25, -0.2) is 0 Å². The van der Waals surface area contributed by atoms with E-state index in [0.717, 1.165) is 59.2 Å². The van der Waals surface area contributed by atoms with Crippen LogP contribution in [0.4, 0.5) is 0 Å². The highest BCUT2D eigenvalue weighted by Gasteiger charge is 2.26. The summed E-state index contributed by atoms with van der Waals surface area (Å²) in [7, 11) is 0. The zero-order chi connectivity index (χ0) is 18.3. The van der Waals surface area contributed by atoms with E-state index in [1.54, 1.807) is 12.7 Å². The van der Waals surface area contributed by atoms with E-state index in [1.165, 1.54) is 0 Å². The quantitative estimate of drug-likeness (QED) is 0.712. The van der Waals surface area contributed by atoms with Gasteiger partial charge in [-0.15, -0.1) is 10.2 Å². The van der Waals surface area contributed by atoms with Crippen molar-refractivity contribution in [3.63, 3.8) is 0 Å². The van der Waals surface area contributed by atoms with Crippen molar-refractivity contribution in [3.8, 4) is 0 Å². The van der Waals surface area contributed by atoms with Gasteiger partial charge in [0.15, 0.2) is 0 Å². The van der Waals surface area contributed by atoms with Crippen LogP contribution in [0.2, 0.25) is 0 Å². The van der Waals surface area contributed by atoms with Crippen molar-refractivity contribution in [3.05, 3.63) is 53.2 Å². The van der Waals surface area contributed by atoms with Gasteiger partial charge in [0.2, 0.25) is 0 Å². The number of carbonyl (C=O) groups is 1. The van der Waals surface area contributed by atoms with Crippen molar-refractivity contribution in [2.45, 2.75) is 39.7 Å². The third-order valence-electron chi connectivity index (χ3n) is 5.22. The molecule has 1 aromatic carbocycles. The summed E-state index contributed by atoms with van der Waals surface area (Å²) in [6.45, 7) is 7.56. The van der Waals surface area contributed by atoms with E-state index in [0.29, 0.717) is 6.04 Å². The molecule has 6 nitrogen and oxygen atoms in total. The van der Waals surface area contributed by atoms with Crippen molar-refractivity contribution >= 4 is 16.8 Å². The normalized spacial score (nSPS) is 15.6. The van der Waals surface area contributed by atoms with Crippen LogP contribution < -0.4 is 0 Å². The molecular weight excluding hydrogens is 326 g/mol. The number of benzene rings is 1. The minimum absolute atomic E-state index is 0.104. The SMILES string of the molecule is Cc1cc(C)c2nc(C)cc(C(=O)N3CCC(n4cnnc4)CC3)c2c1. The number of pyridine rings is 1. The van der Waals surface area contributed by atoms with Gasteiger partial charge in [-0.3, -0.25) is 9.78 Å². The van der Waals surface area contributed by atoms with Gasteiger partial charge in [-0.1, -0.05) is 11.6 Å². The van der Waals surface area contributed by atoms with Crippen LogP contribution in [0.3, 0.4) is 0 Å². The Hall–Kier alpha value is -2.76. The number of carbonyl (C=O) groups excluding carboxylic acids is 1. The van der Waals surface area contributed by atoms with Crippen molar-refractivity contribution < 1.29 is 4.79 Å². The van der Waals surface area contributed by atoms with E-state index in [2.05, 4.69) is 41.2 Å². The molecule has 26 heavy (non-hydrogen) atoms. The number of hydrogen-bond donors (Lipinski definition) is 0. The van der Waals surface area contributed by atoms with Crippen LogP contribution in [0.15, 0.2) is 30.9 Å². The molecule has 1 aliphatic rings. The fourth-order valence-electron chi connectivity index (χ4n) is 3.92. The third kappa shape index (κ3) is 2.96. The lowest BCUT2D eigenvalue weighted by Crippen LogP contribution is -2.39. The minimum atomic E-state index is 0.104. The summed E-state index contributed by atoms with van der Waals surface area (Å²) in [6.07, 6.45) is 5.36. The van der Waals surface area contributed by atoms with Gasteiger partial charge in [0.05, 0.1) is 11.1 Å². The topological polar surface area (TPSA) is 63.9 Å². The van der Waals surface area contributed by atoms with E-state index < -0.39 is 0 Å².